The standard InChI is InChI=1S/C24H19N5O5/c1-2-24(34-20(30)10-28-13-25-12-26-28)17-8-19-21-15(7-14-5-3-4-6-18(14)27-21)9-29(19)22(31)16(17)11-33-23(24)32/h3-8,12-13H,2,9-11H2,1H3/t24-/m0/s1. The zero-order valence-electron chi connectivity index (χ0n) is 18.2. The first-order valence-electron chi connectivity index (χ1n) is 10.9. The van der Waals surface area contributed by atoms with Crippen LogP contribution in [0, 0.1) is 0 Å². The number of nitrogens with zero attached hydrogens (tertiary/aromatic N) is 5. The van der Waals surface area contributed by atoms with Crippen molar-refractivity contribution in [3.05, 3.63) is 76.1 Å². The molecule has 0 unspecified atom stereocenters. The normalized spacial score (nSPS) is 18.2. The molecule has 2 aliphatic rings. The number of carbonyl (C=O) groups is 2. The summed E-state index contributed by atoms with van der Waals surface area (Å²) in [5, 5.41) is 4.88. The molecule has 10 heteroatoms. The number of para-hydroxylation sites is 1. The molecule has 3 aromatic heterocycles. The molecule has 170 valence electrons. The van der Waals surface area contributed by atoms with Gasteiger partial charge in [0, 0.05) is 16.5 Å². The Morgan fingerprint density at radius 2 is 2.09 bits per heavy atom. The minimum absolute atomic E-state index is 0.100. The SMILES string of the molecule is CC[C@@]1(OC(=O)Cn2cncn2)C(=O)OCc2c1cc1n(c2=O)Cc2cc3ccccc3nc2-1. The van der Waals surface area contributed by atoms with Crippen LogP contribution in [0.15, 0.2) is 53.8 Å². The lowest BCUT2D eigenvalue weighted by Gasteiger charge is -2.35. The number of aromatic nitrogens is 5. The highest BCUT2D eigenvalue weighted by atomic mass is 16.6. The second-order valence-electron chi connectivity index (χ2n) is 8.33. The molecule has 6 rings (SSSR count). The van der Waals surface area contributed by atoms with Gasteiger partial charge in [0.25, 0.3) is 5.56 Å². The molecule has 0 radical (unpaired) electrons. The van der Waals surface area contributed by atoms with Gasteiger partial charge in [0.1, 0.15) is 25.8 Å². The third-order valence-electron chi connectivity index (χ3n) is 6.43. The third kappa shape index (κ3) is 2.88. The van der Waals surface area contributed by atoms with Gasteiger partial charge in [-0.25, -0.2) is 24.2 Å². The first-order valence-corrected chi connectivity index (χ1v) is 10.9. The molecule has 0 saturated heterocycles. The Balaban J connectivity index is 1.50. The van der Waals surface area contributed by atoms with Crippen LogP contribution in [0.3, 0.4) is 0 Å². The molecule has 0 bridgehead atoms. The summed E-state index contributed by atoms with van der Waals surface area (Å²) in [4.78, 5) is 47.9. The predicted molar refractivity (Wildman–Crippen MR) is 118 cm³/mol. The van der Waals surface area contributed by atoms with Crippen LogP contribution in [0.5, 0.6) is 0 Å². The Morgan fingerprint density at radius 3 is 2.88 bits per heavy atom. The number of cyclic esters (lactones) is 1. The largest absolute Gasteiger partial charge is 0.457 e. The number of pyridine rings is 2. The van der Waals surface area contributed by atoms with Crippen molar-refractivity contribution in [2.45, 2.75) is 38.6 Å². The molecular weight excluding hydrogens is 438 g/mol. The second kappa shape index (κ2) is 7.34. The molecule has 0 fully saturated rings. The fraction of sp³-hybridized carbons (Fsp3) is 0.250. The van der Waals surface area contributed by atoms with E-state index in [2.05, 4.69) is 10.1 Å². The number of hydrogen-bond acceptors (Lipinski definition) is 8. The fourth-order valence-electron chi connectivity index (χ4n) is 4.76. The monoisotopic (exact) mass is 457 g/mol. The van der Waals surface area contributed by atoms with Crippen molar-refractivity contribution in [1.82, 2.24) is 24.3 Å². The fourth-order valence-corrected chi connectivity index (χ4v) is 4.76. The van der Waals surface area contributed by atoms with E-state index in [-0.39, 0.29) is 25.1 Å². The Labute approximate surface area is 192 Å². The van der Waals surface area contributed by atoms with Gasteiger partial charge in [-0.1, -0.05) is 25.1 Å². The van der Waals surface area contributed by atoms with E-state index in [0.29, 0.717) is 29.1 Å². The zero-order valence-corrected chi connectivity index (χ0v) is 18.2. The summed E-state index contributed by atoms with van der Waals surface area (Å²) in [5.74, 6) is -1.40. The van der Waals surface area contributed by atoms with Gasteiger partial charge in [0.15, 0.2) is 0 Å². The van der Waals surface area contributed by atoms with E-state index >= 15 is 0 Å². The van der Waals surface area contributed by atoms with Crippen LogP contribution in [0.4, 0.5) is 0 Å². The number of rotatable bonds is 4. The lowest BCUT2D eigenvalue weighted by molar-refractivity contribution is -0.190. The average Bonchev–Trinajstić information content (AvgIpc) is 3.47. The Bertz CT molecular complexity index is 1540. The molecule has 0 amide bonds. The lowest BCUT2D eigenvalue weighted by atomic mass is 9.85. The van der Waals surface area contributed by atoms with Crippen LogP contribution in [-0.4, -0.2) is 36.3 Å². The van der Waals surface area contributed by atoms with Crippen molar-refractivity contribution in [1.29, 1.82) is 0 Å². The summed E-state index contributed by atoms with van der Waals surface area (Å²) < 4.78 is 14.0. The van der Waals surface area contributed by atoms with E-state index in [1.54, 1.807) is 17.6 Å². The smallest absolute Gasteiger partial charge is 0.355 e. The molecule has 2 aliphatic heterocycles. The molecular formula is C24H19N5O5. The third-order valence-corrected chi connectivity index (χ3v) is 6.43. The van der Waals surface area contributed by atoms with Crippen LogP contribution in [0.25, 0.3) is 22.3 Å². The van der Waals surface area contributed by atoms with Crippen molar-refractivity contribution in [3.63, 3.8) is 0 Å². The van der Waals surface area contributed by atoms with Crippen LogP contribution < -0.4 is 5.56 Å². The summed E-state index contributed by atoms with van der Waals surface area (Å²) in [6.45, 7) is 1.67. The number of benzene rings is 1. The topological polar surface area (TPSA) is 118 Å². The number of fused-ring (bicyclic) bond motifs is 5. The van der Waals surface area contributed by atoms with Gasteiger partial charge in [-0.2, -0.15) is 5.10 Å². The molecule has 0 spiro atoms. The summed E-state index contributed by atoms with van der Waals surface area (Å²) in [6.07, 6.45) is 2.77. The van der Waals surface area contributed by atoms with E-state index in [1.807, 2.05) is 30.3 Å². The summed E-state index contributed by atoms with van der Waals surface area (Å²) >= 11 is 0. The molecule has 5 heterocycles. The molecule has 0 saturated carbocycles. The van der Waals surface area contributed by atoms with E-state index < -0.39 is 17.5 Å². The summed E-state index contributed by atoms with van der Waals surface area (Å²) in [6, 6.07) is 11.5. The van der Waals surface area contributed by atoms with E-state index in [9.17, 15) is 14.4 Å². The van der Waals surface area contributed by atoms with Crippen LogP contribution in [0.1, 0.15) is 30.0 Å². The van der Waals surface area contributed by atoms with Crippen molar-refractivity contribution in [2.75, 3.05) is 0 Å². The Kier molecular flexibility index (Phi) is 4.38. The molecule has 1 aromatic carbocycles. The summed E-state index contributed by atoms with van der Waals surface area (Å²) in [5.41, 5.74) is 1.61. The number of ether oxygens (including phenoxy) is 2. The van der Waals surface area contributed by atoms with Gasteiger partial charge >= 0.3 is 11.9 Å². The maximum absolute atomic E-state index is 13.5. The minimum atomic E-state index is -1.74. The predicted octanol–water partition coefficient (Wildman–Crippen LogP) is 1.92. The van der Waals surface area contributed by atoms with Crippen LogP contribution >= 0.6 is 0 Å². The van der Waals surface area contributed by atoms with Crippen molar-refractivity contribution >= 4 is 22.8 Å². The molecule has 4 aromatic rings. The quantitative estimate of drug-likeness (QED) is 0.376. The highest BCUT2D eigenvalue weighted by Gasteiger charge is 2.50. The zero-order chi connectivity index (χ0) is 23.4. The molecule has 0 aliphatic carbocycles. The van der Waals surface area contributed by atoms with Gasteiger partial charge in [-0.05, 0) is 24.6 Å². The molecule has 34 heavy (non-hydrogen) atoms. The highest BCUT2D eigenvalue weighted by Crippen LogP contribution is 2.41. The second-order valence-corrected chi connectivity index (χ2v) is 8.33. The lowest BCUT2D eigenvalue weighted by Crippen LogP contribution is -2.48. The Hall–Kier alpha value is -4.34. The van der Waals surface area contributed by atoms with Crippen LogP contribution in [-0.2, 0) is 44.4 Å². The minimum Gasteiger partial charge on any atom is -0.457 e. The van der Waals surface area contributed by atoms with Crippen molar-refractivity contribution in [2.24, 2.45) is 0 Å². The van der Waals surface area contributed by atoms with Gasteiger partial charge in [-0.15, -0.1) is 0 Å². The average molecular weight is 457 g/mol. The van der Waals surface area contributed by atoms with Crippen molar-refractivity contribution in [3.8, 4) is 11.4 Å². The van der Waals surface area contributed by atoms with E-state index in [1.165, 1.54) is 17.3 Å². The molecule has 0 N–H and O–H groups in total. The molecule has 1 atom stereocenters. The number of carbonyl (C=O) groups excluding carboxylic acids is 2. The summed E-state index contributed by atoms with van der Waals surface area (Å²) in [7, 11) is 0. The maximum atomic E-state index is 13.5. The highest BCUT2D eigenvalue weighted by molar-refractivity contribution is 5.88. The van der Waals surface area contributed by atoms with Gasteiger partial charge in [0.2, 0.25) is 5.60 Å². The first kappa shape index (κ1) is 20.3. The van der Waals surface area contributed by atoms with E-state index in [0.717, 1.165) is 16.5 Å². The number of hydrogen-bond donors (Lipinski definition) is 0. The van der Waals surface area contributed by atoms with E-state index in [4.69, 9.17) is 14.5 Å². The Morgan fingerprint density at radius 1 is 1.24 bits per heavy atom. The first-order chi connectivity index (χ1) is 16.5. The van der Waals surface area contributed by atoms with Crippen molar-refractivity contribution < 1.29 is 19.1 Å². The van der Waals surface area contributed by atoms with Gasteiger partial charge in [0.05, 0.1) is 29.0 Å². The van der Waals surface area contributed by atoms with Crippen LogP contribution in [0.2, 0.25) is 0 Å². The van der Waals surface area contributed by atoms with Gasteiger partial charge < -0.3 is 14.0 Å². The number of esters is 2. The van der Waals surface area contributed by atoms with Gasteiger partial charge in [-0.3, -0.25) is 4.79 Å². The molecule has 10 nitrogen and oxygen atoms in total. The maximum Gasteiger partial charge on any atom is 0.355 e.